The molecule has 1 amide bonds. The molecular formula is C12H13N5O3S. The Kier molecular flexibility index (Phi) is 4.17. The Labute approximate surface area is 121 Å². The van der Waals surface area contributed by atoms with Crippen molar-refractivity contribution in [1.29, 1.82) is 0 Å². The molecule has 0 fully saturated rings. The van der Waals surface area contributed by atoms with Gasteiger partial charge in [-0.1, -0.05) is 6.07 Å². The first-order valence-corrected chi connectivity index (χ1v) is 7.31. The number of benzene rings is 1. The van der Waals surface area contributed by atoms with Gasteiger partial charge in [0.25, 0.3) is 5.91 Å². The Bertz CT molecular complexity index is 759. The zero-order valence-corrected chi connectivity index (χ0v) is 11.6. The summed E-state index contributed by atoms with van der Waals surface area (Å²) in [4.78, 5) is 15.8. The molecule has 0 bridgehead atoms. The number of rotatable bonds is 4. The lowest BCUT2D eigenvalue weighted by Gasteiger charge is -2.07. The standard InChI is InChI=1S/C12H13N5O3S/c13-17-11-5-4-8(7-15-11)12(18)16-9-2-1-3-10(6-9)21(14,19)20/h1-7H,13H2,(H,15,17)(H,16,18)(H2,14,19,20). The van der Waals surface area contributed by atoms with E-state index >= 15 is 0 Å². The molecule has 0 radical (unpaired) electrons. The van der Waals surface area contributed by atoms with E-state index in [1.54, 1.807) is 6.07 Å². The number of aromatic nitrogens is 1. The van der Waals surface area contributed by atoms with Gasteiger partial charge >= 0.3 is 0 Å². The Morgan fingerprint density at radius 1 is 1.19 bits per heavy atom. The Morgan fingerprint density at radius 2 is 1.95 bits per heavy atom. The Balaban J connectivity index is 2.19. The second-order valence-electron chi connectivity index (χ2n) is 4.10. The summed E-state index contributed by atoms with van der Waals surface area (Å²) < 4.78 is 22.5. The van der Waals surface area contributed by atoms with Crippen molar-refractivity contribution in [2.75, 3.05) is 10.7 Å². The lowest BCUT2D eigenvalue weighted by atomic mass is 10.2. The summed E-state index contributed by atoms with van der Waals surface area (Å²) in [5.74, 6) is 5.16. The van der Waals surface area contributed by atoms with E-state index < -0.39 is 15.9 Å². The number of carbonyl (C=O) groups is 1. The molecular weight excluding hydrogens is 294 g/mol. The van der Waals surface area contributed by atoms with Gasteiger partial charge in [-0.05, 0) is 30.3 Å². The number of hydrogen-bond donors (Lipinski definition) is 4. The number of primary sulfonamides is 1. The molecule has 2 aromatic rings. The highest BCUT2D eigenvalue weighted by Crippen LogP contribution is 2.15. The van der Waals surface area contributed by atoms with E-state index in [9.17, 15) is 13.2 Å². The number of anilines is 2. The third-order valence-electron chi connectivity index (χ3n) is 2.59. The van der Waals surface area contributed by atoms with E-state index in [4.69, 9.17) is 11.0 Å². The number of pyridine rings is 1. The molecule has 1 aromatic carbocycles. The number of nitrogen functional groups attached to an aromatic ring is 1. The number of nitrogens with one attached hydrogen (secondary N) is 2. The lowest BCUT2D eigenvalue weighted by molar-refractivity contribution is 0.102. The highest BCUT2D eigenvalue weighted by Gasteiger charge is 2.10. The highest BCUT2D eigenvalue weighted by atomic mass is 32.2. The number of amides is 1. The second-order valence-corrected chi connectivity index (χ2v) is 5.66. The second kappa shape index (κ2) is 5.87. The van der Waals surface area contributed by atoms with Gasteiger partial charge < -0.3 is 10.7 Å². The summed E-state index contributed by atoms with van der Waals surface area (Å²) in [5, 5.41) is 7.59. The minimum atomic E-state index is -3.82. The third-order valence-corrected chi connectivity index (χ3v) is 3.50. The van der Waals surface area contributed by atoms with Gasteiger partial charge in [0, 0.05) is 11.9 Å². The highest BCUT2D eigenvalue weighted by molar-refractivity contribution is 7.89. The zero-order chi connectivity index (χ0) is 15.5. The molecule has 6 N–H and O–H groups in total. The maximum atomic E-state index is 12.0. The summed E-state index contributed by atoms with van der Waals surface area (Å²) >= 11 is 0. The average Bonchev–Trinajstić information content (AvgIpc) is 2.47. The Morgan fingerprint density at radius 3 is 2.52 bits per heavy atom. The van der Waals surface area contributed by atoms with Crippen molar-refractivity contribution in [3.05, 3.63) is 48.2 Å². The molecule has 0 aliphatic heterocycles. The number of hydrazine groups is 1. The van der Waals surface area contributed by atoms with Crippen LogP contribution >= 0.6 is 0 Å². The largest absolute Gasteiger partial charge is 0.322 e. The first-order chi connectivity index (χ1) is 9.90. The smallest absolute Gasteiger partial charge is 0.257 e. The van der Waals surface area contributed by atoms with Gasteiger partial charge in [-0.3, -0.25) is 4.79 Å². The van der Waals surface area contributed by atoms with Crippen LogP contribution in [-0.2, 0) is 10.0 Å². The normalized spacial score (nSPS) is 11.0. The van der Waals surface area contributed by atoms with E-state index in [-0.39, 0.29) is 4.90 Å². The van der Waals surface area contributed by atoms with Crippen molar-refractivity contribution < 1.29 is 13.2 Å². The van der Waals surface area contributed by atoms with Gasteiger partial charge in [0.15, 0.2) is 0 Å². The van der Waals surface area contributed by atoms with E-state index in [1.165, 1.54) is 36.5 Å². The first kappa shape index (κ1) is 14.9. The number of nitrogens with zero attached hydrogens (tertiary/aromatic N) is 1. The summed E-state index contributed by atoms with van der Waals surface area (Å²) in [6.45, 7) is 0. The monoisotopic (exact) mass is 307 g/mol. The Hall–Kier alpha value is -2.49. The lowest BCUT2D eigenvalue weighted by Crippen LogP contribution is -2.15. The maximum Gasteiger partial charge on any atom is 0.257 e. The predicted molar refractivity (Wildman–Crippen MR) is 77.8 cm³/mol. The molecule has 21 heavy (non-hydrogen) atoms. The number of carbonyl (C=O) groups excluding carboxylic acids is 1. The van der Waals surface area contributed by atoms with Gasteiger partial charge in [0.1, 0.15) is 5.82 Å². The van der Waals surface area contributed by atoms with E-state index in [1.807, 2.05) is 0 Å². The molecule has 0 unspecified atom stereocenters. The summed E-state index contributed by atoms with van der Waals surface area (Å²) in [6.07, 6.45) is 1.34. The summed E-state index contributed by atoms with van der Waals surface area (Å²) in [5.41, 5.74) is 2.96. The number of sulfonamides is 1. The summed E-state index contributed by atoms with van der Waals surface area (Å²) in [7, 11) is -3.82. The maximum absolute atomic E-state index is 12.0. The topological polar surface area (TPSA) is 140 Å². The molecule has 0 spiro atoms. The molecule has 0 saturated heterocycles. The van der Waals surface area contributed by atoms with Crippen molar-refractivity contribution in [3.8, 4) is 0 Å². The van der Waals surface area contributed by atoms with Gasteiger partial charge in [0.05, 0.1) is 10.5 Å². The van der Waals surface area contributed by atoms with E-state index in [2.05, 4.69) is 15.7 Å². The molecule has 0 saturated carbocycles. The van der Waals surface area contributed by atoms with Crippen molar-refractivity contribution in [1.82, 2.24) is 4.98 Å². The predicted octanol–water partition coefficient (Wildman–Crippen LogP) is 0.267. The van der Waals surface area contributed by atoms with E-state index in [0.29, 0.717) is 17.1 Å². The van der Waals surface area contributed by atoms with Gasteiger partial charge in [-0.2, -0.15) is 0 Å². The van der Waals surface area contributed by atoms with Crippen LogP contribution in [0.25, 0.3) is 0 Å². The zero-order valence-electron chi connectivity index (χ0n) is 10.8. The molecule has 1 aromatic heterocycles. The van der Waals surface area contributed by atoms with Crippen LogP contribution in [0.5, 0.6) is 0 Å². The molecule has 0 aliphatic rings. The third kappa shape index (κ3) is 3.75. The van der Waals surface area contributed by atoms with Gasteiger partial charge in [-0.15, -0.1) is 0 Å². The van der Waals surface area contributed by atoms with Crippen molar-refractivity contribution in [2.24, 2.45) is 11.0 Å². The first-order valence-electron chi connectivity index (χ1n) is 5.77. The van der Waals surface area contributed by atoms with Gasteiger partial charge in [-0.25, -0.2) is 24.4 Å². The number of nitrogens with two attached hydrogens (primary N) is 2. The summed E-state index contributed by atoms with van der Waals surface area (Å²) in [6, 6.07) is 8.71. The van der Waals surface area contributed by atoms with Crippen LogP contribution in [-0.4, -0.2) is 19.3 Å². The molecule has 9 heteroatoms. The molecule has 2 rings (SSSR count). The van der Waals surface area contributed by atoms with Gasteiger partial charge in [0.2, 0.25) is 10.0 Å². The van der Waals surface area contributed by atoms with E-state index in [0.717, 1.165) is 0 Å². The minimum absolute atomic E-state index is 0.0823. The van der Waals surface area contributed by atoms with Crippen LogP contribution in [0, 0.1) is 0 Å². The van der Waals surface area contributed by atoms with Crippen molar-refractivity contribution in [2.45, 2.75) is 4.90 Å². The molecule has 110 valence electrons. The van der Waals surface area contributed by atoms with Crippen molar-refractivity contribution >= 4 is 27.4 Å². The van der Waals surface area contributed by atoms with Crippen LogP contribution in [0.1, 0.15) is 10.4 Å². The van der Waals surface area contributed by atoms with Crippen LogP contribution in [0.15, 0.2) is 47.5 Å². The fourth-order valence-corrected chi connectivity index (χ4v) is 2.13. The molecule has 0 atom stereocenters. The molecule has 8 nitrogen and oxygen atoms in total. The van der Waals surface area contributed by atoms with Crippen LogP contribution in [0.2, 0.25) is 0 Å². The fourth-order valence-electron chi connectivity index (χ4n) is 1.57. The van der Waals surface area contributed by atoms with Crippen LogP contribution in [0.4, 0.5) is 11.5 Å². The molecule has 0 aliphatic carbocycles. The van der Waals surface area contributed by atoms with Crippen LogP contribution in [0.3, 0.4) is 0 Å². The SMILES string of the molecule is NNc1ccc(C(=O)Nc2cccc(S(N)(=O)=O)c2)cn1. The quantitative estimate of drug-likeness (QED) is 0.472. The number of hydrogen-bond acceptors (Lipinski definition) is 6. The van der Waals surface area contributed by atoms with Crippen molar-refractivity contribution in [3.63, 3.8) is 0 Å². The van der Waals surface area contributed by atoms with Crippen LogP contribution < -0.4 is 21.7 Å². The molecule has 1 heterocycles. The average molecular weight is 307 g/mol. The minimum Gasteiger partial charge on any atom is -0.322 e. The fraction of sp³-hybridized carbons (Fsp3) is 0.